The number of rotatable bonds is 5. The van der Waals surface area contributed by atoms with Gasteiger partial charge in [-0.1, -0.05) is 6.92 Å². The molecule has 5 nitrogen and oxygen atoms in total. The molecule has 1 N–H and O–H groups in total. The van der Waals surface area contributed by atoms with E-state index in [2.05, 4.69) is 27.1 Å². The average Bonchev–Trinajstić information content (AvgIpc) is 2.40. The molecule has 0 unspecified atom stereocenters. The van der Waals surface area contributed by atoms with E-state index >= 15 is 0 Å². The van der Waals surface area contributed by atoms with E-state index in [1.54, 1.807) is 13.4 Å². The molecule has 5 heteroatoms. The number of nitrogens with zero attached hydrogens (tertiary/aromatic N) is 3. The van der Waals surface area contributed by atoms with Crippen molar-refractivity contribution in [2.45, 2.75) is 19.8 Å². The van der Waals surface area contributed by atoms with Crippen molar-refractivity contribution in [3.63, 3.8) is 0 Å². The van der Waals surface area contributed by atoms with E-state index in [1.165, 1.54) is 12.8 Å². The first-order valence-corrected chi connectivity index (χ1v) is 6.59. The van der Waals surface area contributed by atoms with Gasteiger partial charge in [0.05, 0.1) is 6.61 Å². The SMILES string of the molecule is COCCNc1cc(N2CCC(C)CC2)ncn1. The summed E-state index contributed by atoms with van der Waals surface area (Å²) in [5.41, 5.74) is 0. The lowest BCUT2D eigenvalue weighted by Gasteiger charge is -2.31. The summed E-state index contributed by atoms with van der Waals surface area (Å²) >= 11 is 0. The first-order valence-electron chi connectivity index (χ1n) is 6.59. The number of piperidine rings is 1. The predicted molar refractivity (Wildman–Crippen MR) is 73.0 cm³/mol. The van der Waals surface area contributed by atoms with Gasteiger partial charge in [-0.05, 0) is 18.8 Å². The summed E-state index contributed by atoms with van der Waals surface area (Å²) in [6.45, 7) is 5.95. The maximum absolute atomic E-state index is 5.01. The highest BCUT2D eigenvalue weighted by atomic mass is 16.5. The number of methoxy groups -OCH3 is 1. The Morgan fingerprint density at radius 2 is 2.17 bits per heavy atom. The predicted octanol–water partition coefficient (Wildman–Crippen LogP) is 1.77. The monoisotopic (exact) mass is 250 g/mol. The Kier molecular flexibility index (Phi) is 4.75. The third-order valence-electron chi connectivity index (χ3n) is 3.37. The fourth-order valence-electron chi connectivity index (χ4n) is 2.14. The number of nitrogens with one attached hydrogen (secondary N) is 1. The molecule has 0 radical (unpaired) electrons. The van der Waals surface area contributed by atoms with Crippen LogP contribution in [-0.4, -0.2) is 43.3 Å². The van der Waals surface area contributed by atoms with Crippen LogP contribution in [-0.2, 0) is 4.74 Å². The average molecular weight is 250 g/mol. The number of ether oxygens (including phenoxy) is 1. The van der Waals surface area contributed by atoms with Crippen LogP contribution in [0.3, 0.4) is 0 Å². The minimum absolute atomic E-state index is 0.681. The third-order valence-corrected chi connectivity index (χ3v) is 3.37. The van der Waals surface area contributed by atoms with Crippen molar-refractivity contribution in [1.29, 1.82) is 0 Å². The summed E-state index contributed by atoms with van der Waals surface area (Å²) in [4.78, 5) is 10.9. The van der Waals surface area contributed by atoms with Gasteiger partial charge in [-0.15, -0.1) is 0 Å². The molecule has 1 aliphatic heterocycles. The lowest BCUT2D eigenvalue weighted by atomic mass is 9.99. The normalized spacial score (nSPS) is 16.9. The molecule has 0 aliphatic carbocycles. The van der Waals surface area contributed by atoms with Gasteiger partial charge in [0.2, 0.25) is 0 Å². The van der Waals surface area contributed by atoms with Crippen LogP contribution >= 0.6 is 0 Å². The molecule has 1 saturated heterocycles. The van der Waals surface area contributed by atoms with Gasteiger partial charge in [-0.25, -0.2) is 9.97 Å². The van der Waals surface area contributed by atoms with E-state index in [-0.39, 0.29) is 0 Å². The molecule has 1 aromatic heterocycles. The van der Waals surface area contributed by atoms with Crippen molar-refractivity contribution in [3.8, 4) is 0 Å². The standard InChI is InChI=1S/C13H22N4O/c1-11-3-6-17(7-4-11)13-9-12(15-10-16-13)14-5-8-18-2/h9-11H,3-8H2,1-2H3,(H,14,15,16). The third kappa shape index (κ3) is 3.57. The largest absolute Gasteiger partial charge is 0.383 e. The molecule has 1 aliphatic rings. The minimum Gasteiger partial charge on any atom is -0.383 e. The maximum atomic E-state index is 5.01. The van der Waals surface area contributed by atoms with Gasteiger partial charge < -0.3 is 15.0 Å². The van der Waals surface area contributed by atoms with Crippen LogP contribution in [0.2, 0.25) is 0 Å². The number of aromatic nitrogens is 2. The zero-order chi connectivity index (χ0) is 12.8. The maximum Gasteiger partial charge on any atom is 0.134 e. The molecular formula is C13H22N4O. The van der Waals surface area contributed by atoms with E-state index in [4.69, 9.17) is 4.74 Å². The van der Waals surface area contributed by atoms with Crippen molar-refractivity contribution >= 4 is 11.6 Å². The second kappa shape index (κ2) is 6.54. The van der Waals surface area contributed by atoms with Crippen molar-refractivity contribution in [3.05, 3.63) is 12.4 Å². The molecular weight excluding hydrogens is 228 g/mol. The molecule has 100 valence electrons. The van der Waals surface area contributed by atoms with Gasteiger partial charge >= 0.3 is 0 Å². The Balaban J connectivity index is 1.94. The molecule has 1 aromatic rings. The lowest BCUT2D eigenvalue weighted by molar-refractivity contribution is 0.210. The fraction of sp³-hybridized carbons (Fsp3) is 0.692. The lowest BCUT2D eigenvalue weighted by Crippen LogP contribution is -2.33. The quantitative estimate of drug-likeness (QED) is 0.807. The second-order valence-corrected chi connectivity index (χ2v) is 4.85. The summed E-state index contributed by atoms with van der Waals surface area (Å²) in [7, 11) is 1.70. The van der Waals surface area contributed by atoms with Crippen LogP contribution in [0.15, 0.2) is 12.4 Å². The molecule has 18 heavy (non-hydrogen) atoms. The molecule has 0 spiro atoms. The molecule has 0 saturated carbocycles. The number of hydrogen-bond acceptors (Lipinski definition) is 5. The van der Waals surface area contributed by atoms with Crippen LogP contribution in [0.5, 0.6) is 0 Å². The Morgan fingerprint density at radius 3 is 2.89 bits per heavy atom. The van der Waals surface area contributed by atoms with Gasteiger partial charge in [-0.2, -0.15) is 0 Å². The smallest absolute Gasteiger partial charge is 0.134 e. The van der Waals surface area contributed by atoms with E-state index in [9.17, 15) is 0 Å². The molecule has 0 bridgehead atoms. The molecule has 2 rings (SSSR count). The topological polar surface area (TPSA) is 50.3 Å². The Hall–Kier alpha value is -1.36. The van der Waals surface area contributed by atoms with Gasteiger partial charge in [0.1, 0.15) is 18.0 Å². The molecule has 2 heterocycles. The zero-order valence-corrected chi connectivity index (χ0v) is 11.2. The summed E-state index contributed by atoms with van der Waals surface area (Å²) < 4.78 is 5.01. The van der Waals surface area contributed by atoms with Crippen molar-refractivity contribution < 1.29 is 4.74 Å². The van der Waals surface area contributed by atoms with E-state index in [0.29, 0.717) is 6.61 Å². The van der Waals surface area contributed by atoms with E-state index in [0.717, 1.165) is 37.2 Å². The molecule has 0 aromatic carbocycles. The van der Waals surface area contributed by atoms with Crippen LogP contribution < -0.4 is 10.2 Å². The first kappa shape index (κ1) is 13.1. The van der Waals surface area contributed by atoms with Crippen molar-refractivity contribution in [1.82, 2.24) is 9.97 Å². The van der Waals surface area contributed by atoms with Crippen LogP contribution in [0.25, 0.3) is 0 Å². The number of anilines is 2. The highest BCUT2D eigenvalue weighted by Gasteiger charge is 2.17. The van der Waals surface area contributed by atoms with E-state index < -0.39 is 0 Å². The summed E-state index contributed by atoms with van der Waals surface area (Å²) in [5.74, 6) is 2.73. The van der Waals surface area contributed by atoms with Crippen LogP contribution in [0.1, 0.15) is 19.8 Å². The molecule has 0 atom stereocenters. The van der Waals surface area contributed by atoms with Gasteiger partial charge in [-0.3, -0.25) is 0 Å². The highest BCUT2D eigenvalue weighted by molar-refractivity contribution is 5.48. The zero-order valence-electron chi connectivity index (χ0n) is 11.2. The minimum atomic E-state index is 0.681. The fourth-order valence-corrected chi connectivity index (χ4v) is 2.14. The first-order chi connectivity index (χ1) is 8.79. The molecule has 1 fully saturated rings. The van der Waals surface area contributed by atoms with Gasteiger partial charge in [0.15, 0.2) is 0 Å². The van der Waals surface area contributed by atoms with Crippen LogP contribution in [0.4, 0.5) is 11.6 Å². The van der Waals surface area contributed by atoms with Gasteiger partial charge in [0.25, 0.3) is 0 Å². The Bertz CT molecular complexity index is 364. The summed E-state index contributed by atoms with van der Waals surface area (Å²) in [5, 5.41) is 3.23. The second-order valence-electron chi connectivity index (χ2n) is 4.85. The highest BCUT2D eigenvalue weighted by Crippen LogP contribution is 2.22. The summed E-state index contributed by atoms with van der Waals surface area (Å²) in [6, 6.07) is 2.02. The van der Waals surface area contributed by atoms with E-state index in [1.807, 2.05) is 6.07 Å². The van der Waals surface area contributed by atoms with Crippen LogP contribution in [0, 0.1) is 5.92 Å². The van der Waals surface area contributed by atoms with Crippen molar-refractivity contribution in [2.75, 3.05) is 43.6 Å². The Labute approximate surface area is 109 Å². The van der Waals surface area contributed by atoms with Crippen molar-refractivity contribution in [2.24, 2.45) is 5.92 Å². The van der Waals surface area contributed by atoms with Gasteiger partial charge in [0, 0.05) is 32.8 Å². The number of hydrogen-bond donors (Lipinski definition) is 1. The molecule has 0 amide bonds. The Morgan fingerprint density at radius 1 is 1.39 bits per heavy atom. The summed E-state index contributed by atoms with van der Waals surface area (Å²) in [6.07, 6.45) is 4.12.